The van der Waals surface area contributed by atoms with Gasteiger partial charge < -0.3 is 15.8 Å². The van der Waals surface area contributed by atoms with E-state index in [0.29, 0.717) is 27.9 Å². The maximum absolute atomic E-state index is 11.9. The largest absolute Gasteiger partial charge is 0.494 e. The van der Waals surface area contributed by atoms with Crippen LogP contribution in [-0.2, 0) is 0 Å². The second-order valence-electron chi connectivity index (χ2n) is 4.50. The average Bonchev–Trinajstić information content (AvgIpc) is 2.49. The van der Waals surface area contributed by atoms with Crippen LogP contribution in [0.5, 0.6) is 5.75 Å². The van der Waals surface area contributed by atoms with Gasteiger partial charge in [-0.25, -0.2) is 4.98 Å². The van der Waals surface area contributed by atoms with Gasteiger partial charge in [0.15, 0.2) is 11.6 Å². The molecule has 2 aromatic rings. The van der Waals surface area contributed by atoms with Gasteiger partial charge in [-0.15, -0.1) is 0 Å². The molecule has 0 radical (unpaired) electrons. The molecule has 20 heavy (non-hydrogen) atoms. The first-order valence-corrected chi connectivity index (χ1v) is 6.17. The van der Waals surface area contributed by atoms with Crippen molar-refractivity contribution < 1.29 is 14.3 Å². The SMILES string of the molecule is COc1ccc2c3c(cc(C(=O)CN)nc13)NCC2=O. The molecular weight excluding hydrogens is 258 g/mol. The molecule has 0 saturated heterocycles. The minimum Gasteiger partial charge on any atom is -0.494 e. The molecule has 0 saturated carbocycles. The second kappa shape index (κ2) is 4.57. The molecule has 0 amide bonds. The Hall–Kier alpha value is -2.47. The summed E-state index contributed by atoms with van der Waals surface area (Å²) in [5.74, 6) is 0.257. The highest BCUT2D eigenvalue weighted by atomic mass is 16.5. The fourth-order valence-electron chi connectivity index (χ4n) is 2.37. The molecule has 0 fully saturated rings. The zero-order chi connectivity index (χ0) is 14.3. The van der Waals surface area contributed by atoms with Crippen molar-refractivity contribution in [2.45, 2.75) is 0 Å². The number of anilines is 1. The first-order valence-electron chi connectivity index (χ1n) is 6.17. The molecule has 6 heteroatoms. The number of Topliss-reactive ketones (excluding diaryl/α,β-unsaturated/α-hetero) is 2. The van der Waals surface area contributed by atoms with Crippen molar-refractivity contribution in [2.24, 2.45) is 5.73 Å². The van der Waals surface area contributed by atoms with Crippen molar-refractivity contribution in [3.8, 4) is 5.75 Å². The van der Waals surface area contributed by atoms with Crippen molar-refractivity contribution in [1.82, 2.24) is 4.98 Å². The summed E-state index contributed by atoms with van der Waals surface area (Å²) in [6.45, 7) is 0.0909. The predicted molar refractivity (Wildman–Crippen MR) is 74.5 cm³/mol. The van der Waals surface area contributed by atoms with E-state index in [0.717, 1.165) is 0 Å². The molecule has 0 bridgehead atoms. The highest BCUT2D eigenvalue weighted by Crippen LogP contribution is 2.35. The Balaban J connectivity index is 2.38. The third-order valence-electron chi connectivity index (χ3n) is 3.35. The minimum atomic E-state index is -0.255. The molecule has 1 aliphatic heterocycles. The van der Waals surface area contributed by atoms with Crippen LogP contribution in [0.3, 0.4) is 0 Å². The van der Waals surface area contributed by atoms with Crippen molar-refractivity contribution in [3.63, 3.8) is 0 Å². The van der Waals surface area contributed by atoms with Gasteiger partial charge >= 0.3 is 0 Å². The van der Waals surface area contributed by atoms with Gasteiger partial charge in [0.05, 0.1) is 20.2 Å². The van der Waals surface area contributed by atoms with Crippen LogP contribution >= 0.6 is 0 Å². The minimum absolute atomic E-state index is 0.00939. The molecule has 3 N–H and O–H groups in total. The molecule has 1 aromatic heterocycles. The van der Waals surface area contributed by atoms with Gasteiger partial charge in [-0.3, -0.25) is 9.59 Å². The maximum Gasteiger partial charge on any atom is 0.194 e. The summed E-state index contributed by atoms with van der Waals surface area (Å²) in [4.78, 5) is 28.0. The molecule has 1 aliphatic rings. The van der Waals surface area contributed by atoms with Crippen LogP contribution in [-0.4, -0.2) is 36.7 Å². The molecule has 0 atom stereocenters. The Bertz CT molecular complexity index is 740. The van der Waals surface area contributed by atoms with Crippen LogP contribution in [0, 0.1) is 0 Å². The number of nitrogens with zero attached hydrogens (tertiary/aromatic N) is 1. The summed E-state index contributed by atoms with van der Waals surface area (Å²) in [5, 5.41) is 3.70. The number of ketones is 2. The number of hydrogen-bond donors (Lipinski definition) is 2. The van der Waals surface area contributed by atoms with E-state index in [-0.39, 0.29) is 30.3 Å². The lowest BCUT2D eigenvalue weighted by Gasteiger charge is -2.19. The number of pyridine rings is 1. The molecule has 6 nitrogen and oxygen atoms in total. The Morgan fingerprint density at radius 1 is 1.50 bits per heavy atom. The lowest BCUT2D eigenvalue weighted by Crippen LogP contribution is -2.22. The molecule has 2 heterocycles. The number of hydrogen-bond acceptors (Lipinski definition) is 6. The summed E-state index contributed by atoms with van der Waals surface area (Å²) < 4.78 is 5.27. The predicted octanol–water partition coefficient (Wildman–Crippen LogP) is 0.993. The zero-order valence-corrected chi connectivity index (χ0v) is 10.9. The number of rotatable bonds is 3. The van der Waals surface area contributed by atoms with E-state index in [2.05, 4.69) is 10.3 Å². The van der Waals surface area contributed by atoms with E-state index < -0.39 is 0 Å². The first kappa shape index (κ1) is 12.6. The quantitative estimate of drug-likeness (QED) is 0.808. The molecule has 0 unspecified atom stereocenters. The van der Waals surface area contributed by atoms with E-state index in [1.165, 1.54) is 7.11 Å². The number of methoxy groups -OCH3 is 1. The molecule has 0 spiro atoms. The topological polar surface area (TPSA) is 94.3 Å². The highest BCUT2D eigenvalue weighted by Gasteiger charge is 2.23. The summed E-state index contributed by atoms with van der Waals surface area (Å²) in [6.07, 6.45) is 0. The second-order valence-corrected chi connectivity index (χ2v) is 4.50. The van der Waals surface area contributed by atoms with E-state index in [4.69, 9.17) is 10.5 Å². The standard InChI is InChI=1S/C14H13N3O3/c1-20-12-3-2-7-11(19)6-16-9-4-8(10(18)5-15)17-14(12)13(7)9/h2-4,16H,5-6,15H2,1H3. The maximum atomic E-state index is 11.9. The van der Waals surface area contributed by atoms with E-state index in [1.54, 1.807) is 18.2 Å². The molecule has 0 aliphatic carbocycles. The fourth-order valence-corrected chi connectivity index (χ4v) is 2.37. The van der Waals surface area contributed by atoms with Gasteiger partial charge in [0, 0.05) is 16.6 Å². The fraction of sp³-hybridized carbons (Fsp3) is 0.214. The number of benzene rings is 1. The normalized spacial score (nSPS) is 13.2. The average molecular weight is 271 g/mol. The third-order valence-corrected chi connectivity index (χ3v) is 3.35. The number of ether oxygens (including phenoxy) is 1. The van der Waals surface area contributed by atoms with E-state index >= 15 is 0 Å². The summed E-state index contributed by atoms with van der Waals surface area (Å²) in [5.41, 5.74) is 7.45. The molecular formula is C14H13N3O3. The first-order chi connectivity index (χ1) is 9.65. The van der Waals surface area contributed by atoms with Crippen molar-refractivity contribution in [2.75, 3.05) is 25.5 Å². The van der Waals surface area contributed by atoms with E-state index in [9.17, 15) is 9.59 Å². The van der Waals surface area contributed by atoms with Crippen molar-refractivity contribution in [1.29, 1.82) is 0 Å². The van der Waals surface area contributed by atoms with Gasteiger partial charge in [-0.1, -0.05) is 0 Å². The van der Waals surface area contributed by atoms with Crippen LogP contribution in [0.2, 0.25) is 0 Å². The van der Waals surface area contributed by atoms with Gasteiger partial charge in [0.1, 0.15) is 17.0 Å². The Morgan fingerprint density at radius 3 is 3.00 bits per heavy atom. The zero-order valence-electron chi connectivity index (χ0n) is 10.9. The number of aromatic nitrogens is 1. The van der Waals surface area contributed by atoms with Crippen molar-refractivity contribution in [3.05, 3.63) is 29.5 Å². The van der Waals surface area contributed by atoms with Crippen LogP contribution in [0.4, 0.5) is 5.69 Å². The number of carbonyl (C=O) groups excluding carboxylic acids is 2. The lowest BCUT2D eigenvalue weighted by molar-refractivity contribution is 0.0994. The molecule has 3 rings (SSSR count). The van der Waals surface area contributed by atoms with Gasteiger partial charge in [-0.05, 0) is 18.2 Å². The van der Waals surface area contributed by atoms with Crippen LogP contribution < -0.4 is 15.8 Å². The monoisotopic (exact) mass is 271 g/mol. The van der Waals surface area contributed by atoms with Crippen LogP contribution in [0.15, 0.2) is 18.2 Å². The highest BCUT2D eigenvalue weighted by molar-refractivity contribution is 6.18. The summed E-state index contributed by atoms with van der Waals surface area (Å²) in [6, 6.07) is 5.04. The van der Waals surface area contributed by atoms with Gasteiger partial charge in [0.25, 0.3) is 0 Å². The number of nitrogens with one attached hydrogen (secondary N) is 1. The summed E-state index contributed by atoms with van der Waals surface area (Å²) in [7, 11) is 1.52. The van der Waals surface area contributed by atoms with Crippen LogP contribution in [0.1, 0.15) is 20.8 Å². The van der Waals surface area contributed by atoms with E-state index in [1.807, 2.05) is 0 Å². The Morgan fingerprint density at radius 2 is 2.30 bits per heavy atom. The van der Waals surface area contributed by atoms with Gasteiger partial charge in [-0.2, -0.15) is 0 Å². The Labute approximate surface area is 114 Å². The third kappa shape index (κ3) is 1.73. The van der Waals surface area contributed by atoms with Crippen LogP contribution in [0.25, 0.3) is 10.9 Å². The Kier molecular flexibility index (Phi) is 2.87. The molecule has 102 valence electrons. The van der Waals surface area contributed by atoms with Gasteiger partial charge in [0.2, 0.25) is 0 Å². The molecule has 1 aromatic carbocycles. The van der Waals surface area contributed by atoms with Crippen molar-refractivity contribution >= 4 is 28.2 Å². The summed E-state index contributed by atoms with van der Waals surface area (Å²) >= 11 is 0. The smallest absolute Gasteiger partial charge is 0.194 e. The number of nitrogens with two attached hydrogens (primary N) is 1. The number of carbonyl (C=O) groups is 2. The lowest BCUT2D eigenvalue weighted by atomic mass is 9.98.